The Hall–Kier alpha value is -1.81. The second-order valence-corrected chi connectivity index (χ2v) is 6.94. The largest absolute Gasteiger partial charge is 0.278 e. The summed E-state index contributed by atoms with van der Waals surface area (Å²) in [4.78, 5) is 4.93. The fourth-order valence-corrected chi connectivity index (χ4v) is 3.82. The van der Waals surface area contributed by atoms with E-state index in [1.54, 1.807) is 11.8 Å². The number of nitrogens with zero attached hydrogens (tertiary/aromatic N) is 2. The molecule has 0 saturated heterocycles. The lowest BCUT2D eigenvalue weighted by Crippen LogP contribution is -2.12. The molecule has 24 heavy (non-hydrogen) atoms. The third-order valence-electron chi connectivity index (χ3n) is 4.37. The maximum atomic E-state index is 4.93. The Kier molecular flexibility index (Phi) is 5.91. The minimum absolute atomic E-state index is 0.930. The smallest absolute Gasteiger partial charge is 0.1000 e. The van der Waals surface area contributed by atoms with Crippen LogP contribution in [0.15, 0.2) is 46.5 Å². The summed E-state index contributed by atoms with van der Waals surface area (Å²) in [5.41, 5.74) is 9.21. The number of benzene rings is 1. The van der Waals surface area contributed by atoms with Gasteiger partial charge >= 0.3 is 0 Å². The Bertz CT molecular complexity index is 693. The first-order valence-corrected chi connectivity index (χ1v) is 9.99. The highest BCUT2D eigenvalue weighted by atomic mass is 32.2. The molecule has 1 aromatic carbocycles. The molecule has 0 unspecified atom stereocenters. The molecule has 0 bridgehead atoms. The van der Waals surface area contributed by atoms with Crippen molar-refractivity contribution in [2.45, 2.75) is 50.5 Å². The van der Waals surface area contributed by atoms with Crippen LogP contribution >= 0.6 is 11.8 Å². The van der Waals surface area contributed by atoms with Gasteiger partial charge in [0.05, 0.1) is 22.1 Å². The lowest BCUT2D eigenvalue weighted by molar-refractivity contribution is 0.666. The van der Waals surface area contributed by atoms with Crippen molar-refractivity contribution in [3.05, 3.63) is 53.2 Å². The molecule has 0 aliphatic heterocycles. The van der Waals surface area contributed by atoms with Gasteiger partial charge in [0.25, 0.3) is 0 Å². The zero-order valence-corrected chi connectivity index (χ0v) is 15.3. The van der Waals surface area contributed by atoms with Gasteiger partial charge in [-0.05, 0) is 67.7 Å². The number of anilines is 1. The third-order valence-corrected chi connectivity index (χ3v) is 5.10. The van der Waals surface area contributed by atoms with E-state index in [2.05, 4.69) is 29.8 Å². The van der Waals surface area contributed by atoms with Gasteiger partial charge in [0.15, 0.2) is 0 Å². The van der Waals surface area contributed by atoms with Crippen LogP contribution in [0.5, 0.6) is 0 Å². The number of fused-ring (bicyclic) bond motifs is 1. The molecule has 0 fully saturated rings. The van der Waals surface area contributed by atoms with Gasteiger partial charge in [0, 0.05) is 0 Å². The van der Waals surface area contributed by atoms with Gasteiger partial charge in [-0.3, -0.25) is 5.43 Å². The number of pyridine rings is 1. The summed E-state index contributed by atoms with van der Waals surface area (Å²) in [5.74, 6) is 0. The molecular formula is C20H25N3S. The number of nitrogens with one attached hydrogen (secondary N) is 1. The maximum Gasteiger partial charge on any atom is 0.1000 e. The van der Waals surface area contributed by atoms with Crippen LogP contribution in [0.4, 0.5) is 5.69 Å². The summed E-state index contributed by atoms with van der Waals surface area (Å²) >= 11 is 1.76. The molecule has 3 nitrogen and oxygen atoms in total. The summed E-state index contributed by atoms with van der Waals surface area (Å²) in [6.07, 6.45) is 9.02. The van der Waals surface area contributed by atoms with Crippen LogP contribution < -0.4 is 5.43 Å². The van der Waals surface area contributed by atoms with E-state index in [0.29, 0.717) is 0 Å². The molecular weight excluding hydrogens is 314 g/mol. The SMILES string of the molecule is CCCC(=NNc1ccccc1)c1cc2c(c(SC)n1)CCCC2. The molecule has 1 heterocycles. The predicted molar refractivity (Wildman–Crippen MR) is 104 cm³/mol. The maximum absolute atomic E-state index is 4.93. The van der Waals surface area contributed by atoms with Gasteiger partial charge in [0.1, 0.15) is 0 Å². The second kappa shape index (κ2) is 8.34. The van der Waals surface area contributed by atoms with Crippen LogP contribution in [0, 0.1) is 0 Å². The van der Waals surface area contributed by atoms with Crippen LogP contribution in [0.2, 0.25) is 0 Å². The number of rotatable bonds is 6. The van der Waals surface area contributed by atoms with Gasteiger partial charge in [-0.2, -0.15) is 5.10 Å². The Morgan fingerprint density at radius 2 is 2.00 bits per heavy atom. The minimum Gasteiger partial charge on any atom is -0.278 e. The first-order valence-electron chi connectivity index (χ1n) is 8.76. The molecule has 1 aliphatic rings. The lowest BCUT2D eigenvalue weighted by atomic mass is 9.92. The fraction of sp³-hybridized carbons (Fsp3) is 0.400. The van der Waals surface area contributed by atoms with Crippen molar-refractivity contribution in [1.29, 1.82) is 0 Å². The fourth-order valence-electron chi connectivity index (χ4n) is 3.15. The van der Waals surface area contributed by atoms with Crippen molar-refractivity contribution in [3.8, 4) is 0 Å². The number of hydrazone groups is 1. The first kappa shape index (κ1) is 17.0. The van der Waals surface area contributed by atoms with Gasteiger partial charge in [-0.15, -0.1) is 11.8 Å². The van der Waals surface area contributed by atoms with Crippen LogP contribution in [-0.2, 0) is 12.8 Å². The molecule has 126 valence electrons. The van der Waals surface area contributed by atoms with E-state index < -0.39 is 0 Å². The Balaban J connectivity index is 1.93. The molecule has 4 heteroatoms. The Morgan fingerprint density at radius 1 is 1.21 bits per heavy atom. The van der Waals surface area contributed by atoms with E-state index in [9.17, 15) is 0 Å². The molecule has 0 amide bonds. The molecule has 0 atom stereocenters. The van der Waals surface area contributed by atoms with Crippen molar-refractivity contribution in [3.63, 3.8) is 0 Å². The highest BCUT2D eigenvalue weighted by molar-refractivity contribution is 7.98. The summed E-state index contributed by atoms with van der Waals surface area (Å²) < 4.78 is 0. The number of aryl methyl sites for hydroxylation is 1. The summed E-state index contributed by atoms with van der Waals surface area (Å²) in [7, 11) is 0. The first-order chi connectivity index (χ1) is 11.8. The molecule has 1 aliphatic carbocycles. The number of thioether (sulfide) groups is 1. The number of aromatic nitrogens is 1. The molecule has 1 N–H and O–H groups in total. The quantitative estimate of drug-likeness (QED) is 0.441. The lowest BCUT2D eigenvalue weighted by Gasteiger charge is -2.19. The number of hydrogen-bond donors (Lipinski definition) is 1. The van der Waals surface area contributed by atoms with Crippen LogP contribution in [0.3, 0.4) is 0 Å². The summed E-state index contributed by atoms with van der Waals surface area (Å²) in [6.45, 7) is 2.19. The van der Waals surface area contributed by atoms with Crippen molar-refractivity contribution < 1.29 is 0 Å². The van der Waals surface area contributed by atoms with Crippen molar-refractivity contribution in [1.82, 2.24) is 4.98 Å². The predicted octanol–water partition coefficient (Wildman–Crippen LogP) is 5.30. The van der Waals surface area contributed by atoms with Gasteiger partial charge in [0.2, 0.25) is 0 Å². The van der Waals surface area contributed by atoms with Gasteiger partial charge in [-0.25, -0.2) is 4.98 Å². The van der Waals surface area contributed by atoms with Crippen molar-refractivity contribution >= 4 is 23.2 Å². The van der Waals surface area contributed by atoms with Crippen LogP contribution in [0.1, 0.15) is 49.4 Å². The highest BCUT2D eigenvalue weighted by Crippen LogP contribution is 2.29. The molecule has 0 radical (unpaired) electrons. The molecule has 0 saturated carbocycles. The molecule has 1 aromatic heterocycles. The second-order valence-electron chi connectivity index (χ2n) is 6.15. The van der Waals surface area contributed by atoms with E-state index >= 15 is 0 Å². The standard InChI is InChI=1S/C20H25N3S/c1-3-9-18(23-22-16-11-5-4-6-12-16)19-14-15-10-7-8-13-17(15)20(21-19)24-2/h4-6,11-12,14,22H,3,7-10,13H2,1-2H3. The number of hydrogen-bond acceptors (Lipinski definition) is 4. The topological polar surface area (TPSA) is 37.3 Å². The highest BCUT2D eigenvalue weighted by Gasteiger charge is 2.17. The summed E-state index contributed by atoms with van der Waals surface area (Å²) in [5, 5.41) is 5.86. The van der Waals surface area contributed by atoms with Crippen molar-refractivity contribution in [2.24, 2.45) is 5.10 Å². The van der Waals surface area contributed by atoms with E-state index in [4.69, 9.17) is 4.98 Å². The Morgan fingerprint density at radius 3 is 2.75 bits per heavy atom. The molecule has 3 rings (SSSR count). The van der Waals surface area contributed by atoms with E-state index in [-0.39, 0.29) is 0 Å². The van der Waals surface area contributed by atoms with Gasteiger partial charge < -0.3 is 0 Å². The van der Waals surface area contributed by atoms with Gasteiger partial charge in [-0.1, -0.05) is 31.5 Å². The zero-order valence-electron chi connectivity index (χ0n) is 14.5. The molecule has 2 aromatic rings. The Labute approximate surface area is 149 Å². The van der Waals surface area contributed by atoms with Crippen molar-refractivity contribution in [2.75, 3.05) is 11.7 Å². The average molecular weight is 340 g/mol. The zero-order chi connectivity index (χ0) is 16.8. The third kappa shape index (κ3) is 3.99. The van der Waals surface area contributed by atoms with Crippen LogP contribution in [-0.4, -0.2) is 17.0 Å². The van der Waals surface area contributed by atoms with E-state index in [1.165, 1.54) is 41.8 Å². The van der Waals surface area contributed by atoms with Crippen LogP contribution in [0.25, 0.3) is 0 Å². The van der Waals surface area contributed by atoms with E-state index in [1.807, 2.05) is 30.3 Å². The van der Waals surface area contributed by atoms with E-state index in [0.717, 1.165) is 29.9 Å². The number of para-hydroxylation sites is 1. The summed E-state index contributed by atoms with van der Waals surface area (Å²) in [6, 6.07) is 12.4. The minimum atomic E-state index is 0.930. The monoisotopic (exact) mass is 339 g/mol. The molecule has 0 spiro atoms. The average Bonchev–Trinajstić information content (AvgIpc) is 2.65. The normalized spacial score (nSPS) is 14.3.